The van der Waals surface area contributed by atoms with Crippen LogP contribution in [0.1, 0.15) is 25.0 Å². The van der Waals surface area contributed by atoms with Gasteiger partial charge in [-0.3, -0.25) is 0 Å². The molecule has 0 unspecified atom stereocenters. The fourth-order valence-corrected chi connectivity index (χ4v) is 2.98. The molecule has 2 rings (SSSR count). The third-order valence-corrected chi connectivity index (χ3v) is 4.27. The standard InChI is InChI=1S/C17H21NOS/c1-13(2)18-11-14-7-3-5-9-16(14)20-17-10-6-4-8-15(17)12-19/h3-10,13,18-19H,11-12H2,1-2H3. The smallest absolute Gasteiger partial charge is 0.0692 e. The molecule has 2 aromatic rings. The number of hydrogen-bond donors (Lipinski definition) is 2. The molecule has 0 saturated carbocycles. The minimum Gasteiger partial charge on any atom is -0.392 e. The predicted molar refractivity (Wildman–Crippen MR) is 84.9 cm³/mol. The fraction of sp³-hybridized carbons (Fsp3) is 0.294. The molecule has 0 fully saturated rings. The van der Waals surface area contributed by atoms with Gasteiger partial charge >= 0.3 is 0 Å². The van der Waals surface area contributed by atoms with Gasteiger partial charge in [0.2, 0.25) is 0 Å². The van der Waals surface area contributed by atoms with Gasteiger partial charge in [-0.25, -0.2) is 0 Å². The van der Waals surface area contributed by atoms with Crippen molar-refractivity contribution in [2.24, 2.45) is 0 Å². The molecule has 2 nitrogen and oxygen atoms in total. The van der Waals surface area contributed by atoms with Crippen molar-refractivity contribution in [2.75, 3.05) is 0 Å². The van der Waals surface area contributed by atoms with Gasteiger partial charge in [0.05, 0.1) is 6.61 Å². The van der Waals surface area contributed by atoms with Gasteiger partial charge in [0.25, 0.3) is 0 Å². The predicted octanol–water partition coefficient (Wildman–Crippen LogP) is 3.83. The SMILES string of the molecule is CC(C)NCc1ccccc1Sc1ccccc1CO. The molecule has 0 aliphatic carbocycles. The van der Waals surface area contributed by atoms with E-state index >= 15 is 0 Å². The van der Waals surface area contributed by atoms with Crippen LogP contribution in [0.2, 0.25) is 0 Å². The first-order chi connectivity index (χ1) is 9.70. The summed E-state index contributed by atoms with van der Waals surface area (Å²) in [5.41, 5.74) is 2.27. The highest BCUT2D eigenvalue weighted by Crippen LogP contribution is 2.32. The van der Waals surface area contributed by atoms with Gasteiger partial charge in [-0.15, -0.1) is 0 Å². The lowest BCUT2D eigenvalue weighted by Crippen LogP contribution is -2.22. The minimum atomic E-state index is 0.0790. The maximum Gasteiger partial charge on any atom is 0.0692 e. The number of hydrogen-bond acceptors (Lipinski definition) is 3. The first-order valence-electron chi connectivity index (χ1n) is 6.88. The van der Waals surface area contributed by atoms with Crippen LogP contribution in [0, 0.1) is 0 Å². The van der Waals surface area contributed by atoms with Gasteiger partial charge in [-0.1, -0.05) is 62.0 Å². The second-order valence-corrected chi connectivity index (χ2v) is 6.09. The van der Waals surface area contributed by atoms with Crippen LogP contribution in [0.5, 0.6) is 0 Å². The number of rotatable bonds is 6. The van der Waals surface area contributed by atoms with Crippen molar-refractivity contribution in [2.45, 2.75) is 42.8 Å². The van der Waals surface area contributed by atoms with E-state index in [0.717, 1.165) is 17.0 Å². The Balaban J connectivity index is 2.20. The van der Waals surface area contributed by atoms with Crippen molar-refractivity contribution in [3.8, 4) is 0 Å². The molecule has 2 aromatic carbocycles. The Hall–Kier alpha value is -1.29. The van der Waals surface area contributed by atoms with Gasteiger partial charge in [0.1, 0.15) is 0 Å². The third kappa shape index (κ3) is 4.10. The molecular formula is C17H21NOS. The molecule has 0 aromatic heterocycles. The average Bonchev–Trinajstić information content (AvgIpc) is 2.47. The Morgan fingerprint density at radius 3 is 2.10 bits per heavy atom. The quantitative estimate of drug-likeness (QED) is 0.847. The van der Waals surface area contributed by atoms with Gasteiger partial charge in [-0.2, -0.15) is 0 Å². The number of nitrogens with one attached hydrogen (secondary N) is 1. The molecule has 0 amide bonds. The van der Waals surface area contributed by atoms with Crippen LogP contribution in [0.15, 0.2) is 58.3 Å². The molecule has 0 heterocycles. The summed E-state index contributed by atoms with van der Waals surface area (Å²) in [6.45, 7) is 5.24. The highest BCUT2D eigenvalue weighted by atomic mass is 32.2. The first kappa shape index (κ1) is 15.1. The Kier molecular flexibility index (Phi) is 5.65. The van der Waals surface area contributed by atoms with Crippen molar-refractivity contribution in [1.29, 1.82) is 0 Å². The topological polar surface area (TPSA) is 32.3 Å². The largest absolute Gasteiger partial charge is 0.392 e. The maximum absolute atomic E-state index is 9.42. The summed E-state index contributed by atoms with van der Waals surface area (Å²) in [5, 5.41) is 12.9. The van der Waals surface area contributed by atoms with Crippen LogP contribution in [-0.4, -0.2) is 11.1 Å². The Bertz CT molecular complexity index is 554. The van der Waals surface area contributed by atoms with Crippen molar-refractivity contribution in [3.63, 3.8) is 0 Å². The summed E-state index contributed by atoms with van der Waals surface area (Å²) >= 11 is 1.72. The first-order valence-corrected chi connectivity index (χ1v) is 7.70. The molecule has 106 valence electrons. The zero-order valence-electron chi connectivity index (χ0n) is 12.0. The zero-order valence-corrected chi connectivity index (χ0v) is 12.8. The van der Waals surface area contributed by atoms with E-state index < -0.39 is 0 Å². The van der Waals surface area contributed by atoms with E-state index in [1.54, 1.807) is 11.8 Å². The van der Waals surface area contributed by atoms with Crippen LogP contribution < -0.4 is 5.32 Å². The van der Waals surface area contributed by atoms with E-state index in [2.05, 4.69) is 49.5 Å². The summed E-state index contributed by atoms with van der Waals surface area (Å²) in [6.07, 6.45) is 0. The Morgan fingerprint density at radius 2 is 1.50 bits per heavy atom. The second kappa shape index (κ2) is 7.48. The normalized spacial score (nSPS) is 11.0. The summed E-state index contributed by atoms with van der Waals surface area (Å²) in [7, 11) is 0. The van der Waals surface area contributed by atoms with Crippen molar-refractivity contribution in [1.82, 2.24) is 5.32 Å². The van der Waals surface area contributed by atoms with E-state index in [4.69, 9.17) is 0 Å². The summed E-state index contributed by atoms with van der Waals surface area (Å²) in [5.74, 6) is 0. The lowest BCUT2D eigenvalue weighted by atomic mass is 10.2. The van der Waals surface area contributed by atoms with E-state index in [1.807, 2.05) is 18.2 Å². The fourth-order valence-electron chi connectivity index (χ4n) is 1.92. The summed E-state index contributed by atoms with van der Waals surface area (Å²) in [6, 6.07) is 16.9. The van der Waals surface area contributed by atoms with Crippen LogP contribution >= 0.6 is 11.8 Å². The minimum absolute atomic E-state index is 0.0790. The number of aliphatic hydroxyl groups excluding tert-OH is 1. The molecule has 0 bridgehead atoms. The molecule has 0 aliphatic heterocycles. The Morgan fingerprint density at radius 1 is 0.950 bits per heavy atom. The summed E-state index contributed by atoms with van der Waals surface area (Å²) < 4.78 is 0. The molecule has 2 N–H and O–H groups in total. The average molecular weight is 287 g/mol. The van der Waals surface area contributed by atoms with Gasteiger partial charge in [-0.05, 0) is 23.3 Å². The van der Waals surface area contributed by atoms with Crippen LogP contribution in [0.25, 0.3) is 0 Å². The number of aliphatic hydroxyl groups is 1. The highest BCUT2D eigenvalue weighted by Gasteiger charge is 2.07. The second-order valence-electron chi connectivity index (χ2n) is 5.01. The number of benzene rings is 2. The molecular weight excluding hydrogens is 266 g/mol. The van der Waals surface area contributed by atoms with Crippen molar-refractivity contribution < 1.29 is 5.11 Å². The van der Waals surface area contributed by atoms with Gasteiger partial charge < -0.3 is 10.4 Å². The molecule has 20 heavy (non-hydrogen) atoms. The molecule has 0 aliphatic rings. The molecule has 0 atom stereocenters. The van der Waals surface area contributed by atoms with Gasteiger partial charge in [0.15, 0.2) is 0 Å². The lowest BCUT2D eigenvalue weighted by Gasteiger charge is -2.13. The third-order valence-electron chi connectivity index (χ3n) is 3.04. The van der Waals surface area contributed by atoms with E-state index in [0.29, 0.717) is 6.04 Å². The van der Waals surface area contributed by atoms with E-state index in [1.165, 1.54) is 10.5 Å². The molecule has 3 heteroatoms. The van der Waals surface area contributed by atoms with Crippen LogP contribution in [0.3, 0.4) is 0 Å². The summed E-state index contributed by atoms with van der Waals surface area (Å²) in [4.78, 5) is 2.36. The van der Waals surface area contributed by atoms with Crippen molar-refractivity contribution >= 4 is 11.8 Å². The molecule has 0 radical (unpaired) electrons. The van der Waals surface area contributed by atoms with Crippen molar-refractivity contribution in [3.05, 3.63) is 59.7 Å². The molecule has 0 spiro atoms. The Labute approximate surface area is 125 Å². The van der Waals surface area contributed by atoms with Crippen LogP contribution in [-0.2, 0) is 13.2 Å². The van der Waals surface area contributed by atoms with E-state index in [9.17, 15) is 5.11 Å². The van der Waals surface area contributed by atoms with E-state index in [-0.39, 0.29) is 6.61 Å². The van der Waals surface area contributed by atoms with Gasteiger partial charge in [0, 0.05) is 22.4 Å². The monoisotopic (exact) mass is 287 g/mol. The van der Waals surface area contributed by atoms with Crippen LogP contribution in [0.4, 0.5) is 0 Å². The maximum atomic E-state index is 9.42. The zero-order chi connectivity index (χ0) is 14.4. The molecule has 0 saturated heterocycles. The highest BCUT2D eigenvalue weighted by molar-refractivity contribution is 7.99. The lowest BCUT2D eigenvalue weighted by molar-refractivity contribution is 0.279.